The summed E-state index contributed by atoms with van der Waals surface area (Å²) in [7, 11) is 0. The molecule has 0 spiro atoms. The fourth-order valence-corrected chi connectivity index (χ4v) is 8.19. The Morgan fingerprint density at radius 3 is 1.38 bits per heavy atom. The first kappa shape index (κ1) is 31.7. The molecule has 1 aliphatic rings. The van der Waals surface area contributed by atoms with Crippen molar-refractivity contribution < 1.29 is 0 Å². The van der Waals surface area contributed by atoms with Crippen LogP contribution in [-0.2, 0) is 5.41 Å². The van der Waals surface area contributed by atoms with E-state index < -0.39 is 0 Å². The number of nitrogens with one attached hydrogen (secondary N) is 2. The highest BCUT2D eigenvalue weighted by atomic mass is 14.9. The Kier molecular flexibility index (Phi) is 8.25. The van der Waals surface area contributed by atoms with Gasteiger partial charge in [-0.2, -0.15) is 0 Å². The minimum atomic E-state index is -0.0239. The molecule has 2 nitrogen and oxygen atoms in total. The summed E-state index contributed by atoms with van der Waals surface area (Å²) in [4.78, 5) is 0. The zero-order valence-corrected chi connectivity index (χ0v) is 29.5. The molecule has 0 aromatic heterocycles. The van der Waals surface area contributed by atoms with E-state index in [0.717, 1.165) is 42.0 Å². The predicted molar refractivity (Wildman–Crippen MR) is 217 cm³/mol. The monoisotopic (exact) mass is 648 g/mol. The third kappa shape index (κ3) is 5.55. The lowest BCUT2D eigenvalue weighted by molar-refractivity contribution is 0.616. The van der Waals surface area contributed by atoms with Crippen LogP contribution in [0.3, 0.4) is 0 Å². The number of allylic oxidation sites excluding steroid dienone is 2. The highest BCUT2D eigenvalue weighted by Crippen LogP contribution is 2.53. The lowest BCUT2D eigenvalue weighted by Crippen LogP contribution is -2.17. The van der Waals surface area contributed by atoms with E-state index >= 15 is 0 Å². The highest BCUT2D eigenvalue weighted by Gasteiger charge is 2.37. The van der Waals surface area contributed by atoms with Crippen molar-refractivity contribution in [1.82, 2.24) is 0 Å². The lowest BCUT2D eigenvalue weighted by atomic mass is 9.79. The minimum absolute atomic E-state index is 0.0239. The molecule has 0 heterocycles. The summed E-state index contributed by atoms with van der Waals surface area (Å²) in [6.07, 6.45) is 3.29. The summed E-state index contributed by atoms with van der Waals surface area (Å²) in [5.41, 5.74) is 15.3. The molecular formula is C48H44N2. The second-order valence-electron chi connectivity index (χ2n) is 14.1. The van der Waals surface area contributed by atoms with Gasteiger partial charge in [-0.3, -0.25) is 0 Å². The highest BCUT2D eigenvalue weighted by molar-refractivity contribution is 6.21. The van der Waals surface area contributed by atoms with Gasteiger partial charge in [0.15, 0.2) is 0 Å². The average Bonchev–Trinajstić information content (AvgIpc) is 3.37. The minimum Gasteiger partial charge on any atom is -0.355 e. The van der Waals surface area contributed by atoms with Crippen LogP contribution in [0.4, 0.5) is 22.7 Å². The van der Waals surface area contributed by atoms with Gasteiger partial charge in [-0.25, -0.2) is 0 Å². The van der Waals surface area contributed by atoms with Gasteiger partial charge in [0.1, 0.15) is 0 Å². The van der Waals surface area contributed by atoms with Crippen LogP contribution < -0.4 is 10.6 Å². The molecule has 7 aromatic carbocycles. The number of anilines is 4. The molecule has 2 heteroatoms. The van der Waals surface area contributed by atoms with E-state index in [0.29, 0.717) is 0 Å². The SMILES string of the molecule is CCCC1=C(CC)C(C)(C)c2cc3c(Nc4ccc(-c5ccccc5)cc4)c4ccccc4c(Nc4ccc(-c5ccccc5)cc4)c3cc21. The average molecular weight is 649 g/mol. The third-order valence-electron chi connectivity index (χ3n) is 10.7. The second-order valence-corrected chi connectivity index (χ2v) is 14.1. The molecule has 0 atom stereocenters. The van der Waals surface area contributed by atoms with Crippen molar-refractivity contribution in [3.63, 3.8) is 0 Å². The number of hydrogen-bond donors (Lipinski definition) is 2. The van der Waals surface area contributed by atoms with Gasteiger partial charge < -0.3 is 10.6 Å². The first-order chi connectivity index (χ1) is 24.5. The Morgan fingerprint density at radius 1 is 0.480 bits per heavy atom. The molecule has 0 fully saturated rings. The van der Waals surface area contributed by atoms with Gasteiger partial charge in [-0.15, -0.1) is 0 Å². The molecule has 7 aromatic rings. The van der Waals surface area contributed by atoms with Gasteiger partial charge in [0.05, 0.1) is 11.4 Å². The molecular weight excluding hydrogens is 605 g/mol. The Morgan fingerprint density at radius 2 is 0.920 bits per heavy atom. The first-order valence-electron chi connectivity index (χ1n) is 18.1. The number of benzene rings is 7. The van der Waals surface area contributed by atoms with Gasteiger partial charge in [0, 0.05) is 38.3 Å². The van der Waals surface area contributed by atoms with E-state index in [2.05, 4.69) is 184 Å². The van der Waals surface area contributed by atoms with E-state index in [-0.39, 0.29) is 5.41 Å². The normalized spacial score (nSPS) is 13.5. The molecule has 0 saturated carbocycles. The molecule has 2 N–H and O–H groups in total. The van der Waals surface area contributed by atoms with Crippen LogP contribution in [0.1, 0.15) is 58.1 Å². The van der Waals surface area contributed by atoms with Crippen molar-refractivity contribution >= 4 is 49.9 Å². The van der Waals surface area contributed by atoms with E-state index in [9.17, 15) is 0 Å². The number of rotatable bonds is 9. The summed E-state index contributed by atoms with van der Waals surface area (Å²) in [6.45, 7) is 9.47. The van der Waals surface area contributed by atoms with Crippen molar-refractivity contribution in [2.24, 2.45) is 0 Å². The zero-order chi connectivity index (χ0) is 34.2. The van der Waals surface area contributed by atoms with Gasteiger partial charge >= 0.3 is 0 Å². The zero-order valence-electron chi connectivity index (χ0n) is 29.5. The maximum atomic E-state index is 3.93. The smallest absolute Gasteiger partial charge is 0.0545 e. The lowest BCUT2D eigenvalue weighted by Gasteiger charge is -2.26. The molecule has 1 aliphatic carbocycles. The Hall–Kier alpha value is -5.60. The standard InChI is InChI=1S/C48H44N2/c1-5-15-38-41-30-42-43(31-45(41)48(3,4)44(38)6-2)47(50-37-28-24-35(25-29-37)33-18-11-8-12-19-33)40-21-14-13-20-39(40)46(42)49-36-26-22-34(23-27-36)32-16-9-7-10-17-32/h7-14,16-31,49-50H,5-6,15H2,1-4H3. The summed E-state index contributed by atoms with van der Waals surface area (Å²) < 4.78 is 0. The van der Waals surface area contributed by atoms with E-state index in [1.54, 1.807) is 5.57 Å². The first-order valence-corrected chi connectivity index (χ1v) is 18.1. The van der Waals surface area contributed by atoms with Crippen molar-refractivity contribution in [1.29, 1.82) is 0 Å². The van der Waals surface area contributed by atoms with Crippen molar-refractivity contribution in [2.75, 3.05) is 10.6 Å². The molecule has 0 amide bonds. The summed E-state index contributed by atoms with van der Waals surface area (Å²) >= 11 is 0. The number of hydrogen-bond acceptors (Lipinski definition) is 2. The molecule has 0 bridgehead atoms. The van der Waals surface area contributed by atoms with Crippen molar-refractivity contribution in [2.45, 2.75) is 52.4 Å². The van der Waals surface area contributed by atoms with Crippen molar-refractivity contribution in [3.8, 4) is 22.3 Å². The van der Waals surface area contributed by atoms with Gasteiger partial charge in [0.2, 0.25) is 0 Å². The van der Waals surface area contributed by atoms with Crippen LogP contribution in [-0.4, -0.2) is 0 Å². The summed E-state index contributed by atoms with van der Waals surface area (Å²) in [5.74, 6) is 0. The molecule has 0 saturated heterocycles. The largest absolute Gasteiger partial charge is 0.355 e. The van der Waals surface area contributed by atoms with Crippen LogP contribution >= 0.6 is 0 Å². The molecule has 0 aliphatic heterocycles. The second kappa shape index (κ2) is 13.0. The van der Waals surface area contributed by atoms with Crippen molar-refractivity contribution in [3.05, 3.63) is 162 Å². The third-order valence-corrected chi connectivity index (χ3v) is 10.7. The predicted octanol–water partition coefficient (Wildman–Crippen LogP) is 14.1. The van der Waals surface area contributed by atoms with E-state index in [1.165, 1.54) is 60.5 Å². The Bertz CT molecular complexity index is 2350. The summed E-state index contributed by atoms with van der Waals surface area (Å²) in [5, 5.41) is 12.7. The van der Waals surface area contributed by atoms with Gasteiger partial charge in [-0.05, 0) is 88.2 Å². The number of fused-ring (bicyclic) bond motifs is 3. The van der Waals surface area contributed by atoms with E-state index in [1.807, 2.05) is 0 Å². The van der Waals surface area contributed by atoms with E-state index in [4.69, 9.17) is 0 Å². The van der Waals surface area contributed by atoms with Gasteiger partial charge in [0.25, 0.3) is 0 Å². The quantitative estimate of drug-likeness (QED) is 0.120. The van der Waals surface area contributed by atoms with Gasteiger partial charge in [-0.1, -0.05) is 149 Å². The molecule has 246 valence electrons. The van der Waals surface area contributed by atoms with Crippen LogP contribution in [0.15, 0.2) is 151 Å². The fourth-order valence-electron chi connectivity index (χ4n) is 8.19. The molecule has 8 rings (SSSR count). The topological polar surface area (TPSA) is 24.1 Å². The van der Waals surface area contributed by atoms with Crippen LogP contribution in [0, 0.1) is 0 Å². The molecule has 0 unspecified atom stereocenters. The van der Waals surface area contributed by atoms with Crippen LogP contribution in [0.25, 0.3) is 49.4 Å². The molecule has 0 radical (unpaired) electrons. The molecule has 50 heavy (non-hydrogen) atoms. The van der Waals surface area contributed by atoms with Crippen LogP contribution in [0.5, 0.6) is 0 Å². The maximum Gasteiger partial charge on any atom is 0.0545 e. The fraction of sp³-hybridized carbons (Fsp3) is 0.167. The Labute approximate surface area is 296 Å². The maximum absolute atomic E-state index is 3.93. The van der Waals surface area contributed by atoms with Crippen LogP contribution in [0.2, 0.25) is 0 Å². The summed E-state index contributed by atoms with van der Waals surface area (Å²) in [6, 6.07) is 52.7. The Balaban J connectivity index is 1.31.